The Hall–Kier alpha value is -2.89. The van der Waals surface area contributed by atoms with Crippen LogP contribution in [-0.2, 0) is 4.79 Å². The molecule has 0 bridgehead atoms. The van der Waals surface area contributed by atoms with E-state index in [4.69, 9.17) is 5.11 Å². The number of carboxylic acid groups (broad SMARTS) is 1. The second-order valence-electron chi connectivity index (χ2n) is 4.06. The summed E-state index contributed by atoms with van der Waals surface area (Å²) in [4.78, 5) is 36.4. The molecule has 0 fully saturated rings. The van der Waals surface area contributed by atoms with Crippen molar-refractivity contribution in [3.05, 3.63) is 58.4 Å². The third-order valence-corrected chi connectivity index (χ3v) is 2.64. The van der Waals surface area contributed by atoms with Gasteiger partial charge in [0.05, 0.1) is 0 Å². The van der Waals surface area contributed by atoms with E-state index in [0.717, 1.165) is 5.56 Å². The molecule has 1 aromatic carbocycles. The molecule has 102 valence electrons. The largest absolute Gasteiger partial charge is 0.480 e. The van der Waals surface area contributed by atoms with Crippen LogP contribution < -0.4 is 10.9 Å². The van der Waals surface area contributed by atoms with Gasteiger partial charge in [0.1, 0.15) is 12.1 Å². The highest BCUT2D eigenvalue weighted by molar-refractivity contribution is 5.95. The minimum Gasteiger partial charge on any atom is -0.480 e. The van der Waals surface area contributed by atoms with Crippen LogP contribution in [0.3, 0.4) is 0 Å². The smallest absolute Gasteiger partial charge is 0.322 e. The average Bonchev–Trinajstić information content (AvgIpc) is 2.45. The molecule has 2 aromatic rings. The van der Waals surface area contributed by atoms with Gasteiger partial charge in [-0.05, 0) is 17.7 Å². The predicted molar refractivity (Wildman–Crippen MR) is 72.5 cm³/mol. The van der Waals surface area contributed by atoms with Gasteiger partial charge in [0.2, 0.25) is 0 Å². The number of aliphatic carboxylic acids is 1. The standard InChI is InChI=1S/C14H12N2O4/c17-12(18)8-15-13(19)10-6-7-11(16-14(10)20)9-4-2-1-3-5-9/h1-7H,8H2,(H,15,19)(H,16,20)(H,17,18). The van der Waals surface area contributed by atoms with Gasteiger partial charge < -0.3 is 15.4 Å². The highest BCUT2D eigenvalue weighted by Gasteiger charge is 2.12. The number of amides is 1. The Morgan fingerprint density at radius 2 is 1.80 bits per heavy atom. The number of carboxylic acids is 1. The fourth-order valence-electron chi connectivity index (χ4n) is 1.69. The summed E-state index contributed by atoms with van der Waals surface area (Å²) in [6.45, 7) is -0.529. The second kappa shape index (κ2) is 5.83. The zero-order valence-corrected chi connectivity index (χ0v) is 10.4. The van der Waals surface area contributed by atoms with E-state index >= 15 is 0 Å². The molecule has 0 saturated carbocycles. The SMILES string of the molecule is O=C(O)CNC(=O)c1ccc(-c2ccccc2)[nH]c1=O. The summed E-state index contributed by atoms with van der Waals surface area (Å²) in [5.74, 6) is -1.89. The van der Waals surface area contributed by atoms with Crippen LogP contribution in [0.4, 0.5) is 0 Å². The molecular weight excluding hydrogens is 260 g/mol. The highest BCUT2D eigenvalue weighted by Crippen LogP contribution is 2.14. The lowest BCUT2D eigenvalue weighted by molar-refractivity contribution is -0.135. The van der Waals surface area contributed by atoms with Crippen molar-refractivity contribution in [2.75, 3.05) is 6.54 Å². The summed E-state index contributed by atoms with van der Waals surface area (Å²) in [7, 11) is 0. The molecule has 0 unspecified atom stereocenters. The number of H-pyrrole nitrogens is 1. The van der Waals surface area contributed by atoms with E-state index in [1.54, 1.807) is 6.07 Å². The first-order valence-corrected chi connectivity index (χ1v) is 5.86. The molecule has 0 aliphatic carbocycles. The molecule has 0 atom stereocenters. The van der Waals surface area contributed by atoms with Crippen LogP contribution in [0.5, 0.6) is 0 Å². The van der Waals surface area contributed by atoms with Gasteiger partial charge in [-0.1, -0.05) is 30.3 Å². The van der Waals surface area contributed by atoms with Crippen LogP contribution >= 0.6 is 0 Å². The summed E-state index contributed by atoms with van der Waals surface area (Å²) >= 11 is 0. The van der Waals surface area contributed by atoms with Crippen LogP contribution in [0, 0.1) is 0 Å². The molecule has 0 spiro atoms. The third-order valence-electron chi connectivity index (χ3n) is 2.64. The Morgan fingerprint density at radius 1 is 1.10 bits per heavy atom. The average molecular weight is 272 g/mol. The fourth-order valence-corrected chi connectivity index (χ4v) is 1.69. The molecule has 6 nitrogen and oxygen atoms in total. The van der Waals surface area contributed by atoms with E-state index in [2.05, 4.69) is 10.3 Å². The Labute approximate surface area is 114 Å². The molecule has 0 aliphatic rings. The van der Waals surface area contributed by atoms with Crippen molar-refractivity contribution in [3.63, 3.8) is 0 Å². The van der Waals surface area contributed by atoms with E-state index < -0.39 is 24.0 Å². The number of hydrogen-bond acceptors (Lipinski definition) is 3. The van der Waals surface area contributed by atoms with Gasteiger partial charge in [0.15, 0.2) is 0 Å². The van der Waals surface area contributed by atoms with Crippen molar-refractivity contribution < 1.29 is 14.7 Å². The molecular formula is C14H12N2O4. The van der Waals surface area contributed by atoms with E-state index in [-0.39, 0.29) is 5.56 Å². The van der Waals surface area contributed by atoms with Crippen LogP contribution in [0.25, 0.3) is 11.3 Å². The summed E-state index contributed by atoms with van der Waals surface area (Å²) < 4.78 is 0. The van der Waals surface area contributed by atoms with Gasteiger partial charge in [0, 0.05) is 5.69 Å². The molecule has 0 saturated heterocycles. The lowest BCUT2D eigenvalue weighted by atomic mass is 10.1. The van der Waals surface area contributed by atoms with Crippen LogP contribution in [0.2, 0.25) is 0 Å². The van der Waals surface area contributed by atoms with Crippen LogP contribution in [-0.4, -0.2) is 28.5 Å². The molecule has 6 heteroatoms. The number of hydrogen-bond donors (Lipinski definition) is 3. The number of nitrogens with one attached hydrogen (secondary N) is 2. The van der Waals surface area contributed by atoms with Gasteiger partial charge in [-0.15, -0.1) is 0 Å². The van der Waals surface area contributed by atoms with E-state index in [1.807, 2.05) is 30.3 Å². The first-order chi connectivity index (χ1) is 9.58. The normalized spacial score (nSPS) is 10.0. The highest BCUT2D eigenvalue weighted by atomic mass is 16.4. The molecule has 0 aliphatic heterocycles. The number of benzene rings is 1. The van der Waals surface area contributed by atoms with E-state index in [1.165, 1.54) is 6.07 Å². The third kappa shape index (κ3) is 3.11. The minimum atomic E-state index is -1.17. The van der Waals surface area contributed by atoms with Gasteiger partial charge >= 0.3 is 5.97 Å². The molecule has 1 aromatic heterocycles. The second-order valence-corrected chi connectivity index (χ2v) is 4.06. The van der Waals surface area contributed by atoms with Crippen molar-refractivity contribution in [2.45, 2.75) is 0 Å². The topological polar surface area (TPSA) is 99.3 Å². The molecule has 2 rings (SSSR count). The maximum absolute atomic E-state index is 11.8. The molecule has 1 heterocycles. The van der Waals surface area contributed by atoms with Crippen LogP contribution in [0.15, 0.2) is 47.3 Å². The van der Waals surface area contributed by atoms with Gasteiger partial charge in [-0.25, -0.2) is 0 Å². The van der Waals surface area contributed by atoms with Crippen molar-refractivity contribution in [3.8, 4) is 11.3 Å². The first kappa shape index (κ1) is 13.5. The van der Waals surface area contributed by atoms with E-state index in [9.17, 15) is 14.4 Å². The minimum absolute atomic E-state index is 0.120. The summed E-state index contributed by atoms with van der Waals surface area (Å²) in [5, 5.41) is 10.6. The van der Waals surface area contributed by atoms with Gasteiger partial charge in [-0.2, -0.15) is 0 Å². The van der Waals surface area contributed by atoms with Crippen molar-refractivity contribution in [1.82, 2.24) is 10.3 Å². The number of aromatic nitrogens is 1. The summed E-state index contributed by atoms with van der Waals surface area (Å²) in [6.07, 6.45) is 0. The summed E-state index contributed by atoms with van der Waals surface area (Å²) in [5.41, 5.74) is 0.729. The van der Waals surface area contributed by atoms with Crippen molar-refractivity contribution >= 4 is 11.9 Å². The lowest BCUT2D eigenvalue weighted by Gasteiger charge is -2.04. The number of carbonyl (C=O) groups excluding carboxylic acids is 1. The van der Waals surface area contributed by atoms with Gasteiger partial charge in [-0.3, -0.25) is 14.4 Å². The maximum Gasteiger partial charge on any atom is 0.322 e. The zero-order chi connectivity index (χ0) is 14.5. The number of aromatic amines is 1. The quantitative estimate of drug-likeness (QED) is 0.768. The fraction of sp³-hybridized carbons (Fsp3) is 0.0714. The molecule has 0 radical (unpaired) electrons. The lowest BCUT2D eigenvalue weighted by Crippen LogP contribution is -2.33. The van der Waals surface area contributed by atoms with Crippen LogP contribution in [0.1, 0.15) is 10.4 Å². The number of pyridine rings is 1. The predicted octanol–water partition coefficient (Wildman–Crippen LogP) is 0.856. The Balaban J connectivity index is 2.25. The Kier molecular flexibility index (Phi) is 3.95. The van der Waals surface area contributed by atoms with Crippen molar-refractivity contribution in [1.29, 1.82) is 0 Å². The van der Waals surface area contributed by atoms with Crippen molar-refractivity contribution in [2.24, 2.45) is 0 Å². The molecule has 1 amide bonds. The Bertz CT molecular complexity index is 692. The molecule has 20 heavy (non-hydrogen) atoms. The molecule has 3 N–H and O–H groups in total. The number of carbonyl (C=O) groups is 2. The zero-order valence-electron chi connectivity index (χ0n) is 10.4. The van der Waals surface area contributed by atoms with Gasteiger partial charge in [0.25, 0.3) is 11.5 Å². The van der Waals surface area contributed by atoms with E-state index in [0.29, 0.717) is 5.69 Å². The monoisotopic (exact) mass is 272 g/mol. The maximum atomic E-state index is 11.8. The summed E-state index contributed by atoms with van der Waals surface area (Å²) in [6, 6.07) is 12.2. The number of rotatable bonds is 4. The Morgan fingerprint density at radius 3 is 2.40 bits per heavy atom. The first-order valence-electron chi connectivity index (χ1n) is 5.86.